The van der Waals surface area contributed by atoms with Crippen LogP contribution >= 0.6 is 0 Å². The summed E-state index contributed by atoms with van der Waals surface area (Å²) in [7, 11) is -2.76. The maximum atomic E-state index is 11.3. The van der Waals surface area contributed by atoms with Gasteiger partial charge in [0, 0.05) is 19.6 Å². The Labute approximate surface area is 99.1 Å². The molecule has 1 aliphatic heterocycles. The van der Waals surface area contributed by atoms with Crippen LogP contribution in [0.4, 0.5) is 0 Å². The van der Waals surface area contributed by atoms with Crippen molar-refractivity contribution in [3.05, 3.63) is 0 Å². The highest BCUT2D eigenvalue weighted by Gasteiger charge is 2.28. The van der Waals surface area contributed by atoms with Crippen LogP contribution in [0.2, 0.25) is 0 Å². The lowest BCUT2D eigenvalue weighted by Crippen LogP contribution is -2.47. The van der Waals surface area contributed by atoms with Crippen molar-refractivity contribution in [2.45, 2.75) is 26.7 Å². The van der Waals surface area contributed by atoms with Gasteiger partial charge in [-0.15, -0.1) is 0 Å². The van der Waals surface area contributed by atoms with Gasteiger partial charge in [0.15, 0.2) is 9.84 Å². The van der Waals surface area contributed by atoms with Crippen molar-refractivity contribution in [3.8, 4) is 0 Å². The molecule has 0 amide bonds. The van der Waals surface area contributed by atoms with Gasteiger partial charge in [0.1, 0.15) is 0 Å². The van der Waals surface area contributed by atoms with Gasteiger partial charge in [-0.05, 0) is 18.4 Å². The van der Waals surface area contributed by atoms with Crippen molar-refractivity contribution >= 4 is 9.84 Å². The Morgan fingerprint density at radius 3 is 2.31 bits per heavy atom. The lowest BCUT2D eigenvalue weighted by atomic mass is 9.85. The standard InChI is InChI=1S/C11H24N2O2S/c1-3-4-11(2,9-12)10-13-5-7-16(14,15)8-6-13/h3-10,12H2,1-2H3. The SMILES string of the molecule is CCCC(C)(CN)CN1CCS(=O)(=O)CC1. The highest BCUT2D eigenvalue weighted by Crippen LogP contribution is 2.23. The van der Waals surface area contributed by atoms with Gasteiger partial charge in [-0.2, -0.15) is 0 Å². The summed E-state index contributed by atoms with van der Waals surface area (Å²) < 4.78 is 22.6. The fourth-order valence-corrected chi connectivity index (χ4v) is 3.57. The predicted molar refractivity (Wildman–Crippen MR) is 67.2 cm³/mol. The average Bonchev–Trinajstić information content (AvgIpc) is 2.22. The van der Waals surface area contributed by atoms with Crippen LogP contribution in [0.15, 0.2) is 0 Å². The van der Waals surface area contributed by atoms with Gasteiger partial charge >= 0.3 is 0 Å². The smallest absolute Gasteiger partial charge is 0.152 e. The van der Waals surface area contributed by atoms with Crippen molar-refractivity contribution in [1.29, 1.82) is 0 Å². The van der Waals surface area contributed by atoms with Crippen LogP contribution in [0.1, 0.15) is 26.7 Å². The van der Waals surface area contributed by atoms with Crippen LogP contribution in [-0.2, 0) is 9.84 Å². The number of nitrogens with two attached hydrogens (primary N) is 1. The van der Waals surface area contributed by atoms with Crippen LogP contribution in [0.3, 0.4) is 0 Å². The number of sulfone groups is 1. The molecule has 0 aliphatic carbocycles. The second-order valence-corrected chi connectivity index (χ2v) is 7.50. The minimum atomic E-state index is -2.76. The summed E-state index contributed by atoms with van der Waals surface area (Å²) in [6.45, 7) is 7.29. The predicted octanol–water partition coefficient (Wildman–Crippen LogP) is 0.482. The minimum Gasteiger partial charge on any atom is -0.330 e. The van der Waals surface area contributed by atoms with Crippen LogP contribution in [0.5, 0.6) is 0 Å². The van der Waals surface area contributed by atoms with E-state index in [2.05, 4.69) is 18.7 Å². The van der Waals surface area contributed by atoms with Gasteiger partial charge in [0.05, 0.1) is 11.5 Å². The first-order chi connectivity index (χ1) is 7.41. The van der Waals surface area contributed by atoms with Crippen molar-refractivity contribution in [1.82, 2.24) is 4.90 Å². The lowest BCUT2D eigenvalue weighted by molar-refractivity contribution is 0.168. The van der Waals surface area contributed by atoms with E-state index >= 15 is 0 Å². The Morgan fingerprint density at radius 1 is 1.31 bits per heavy atom. The molecule has 1 unspecified atom stereocenters. The maximum Gasteiger partial charge on any atom is 0.152 e. The number of hydrogen-bond donors (Lipinski definition) is 1. The van der Waals surface area contributed by atoms with Gasteiger partial charge in [0.2, 0.25) is 0 Å². The summed E-state index contributed by atoms with van der Waals surface area (Å²) in [6.07, 6.45) is 2.23. The van der Waals surface area contributed by atoms with Crippen molar-refractivity contribution in [2.24, 2.45) is 11.1 Å². The molecule has 16 heavy (non-hydrogen) atoms. The molecule has 1 atom stereocenters. The molecule has 0 bridgehead atoms. The van der Waals surface area contributed by atoms with Crippen molar-refractivity contribution < 1.29 is 8.42 Å². The van der Waals surface area contributed by atoms with Crippen LogP contribution < -0.4 is 5.73 Å². The monoisotopic (exact) mass is 248 g/mol. The molecule has 0 aromatic rings. The molecule has 1 fully saturated rings. The Balaban J connectivity index is 2.48. The molecule has 5 heteroatoms. The molecule has 2 N–H and O–H groups in total. The van der Waals surface area contributed by atoms with E-state index in [-0.39, 0.29) is 5.41 Å². The van der Waals surface area contributed by atoms with Gasteiger partial charge in [-0.25, -0.2) is 8.42 Å². The van der Waals surface area contributed by atoms with Gasteiger partial charge in [-0.1, -0.05) is 20.3 Å². The molecule has 1 heterocycles. The van der Waals surface area contributed by atoms with E-state index < -0.39 is 9.84 Å². The molecule has 0 radical (unpaired) electrons. The topological polar surface area (TPSA) is 63.4 Å². The van der Waals surface area contributed by atoms with E-state index in [1.165, 1.54) is 0 Å². The highest BCUT2D eigenvalue weighted by molar-refractivity contribution is 7.91. The molecule has 96 valence electrons. The quantitative estimate of drug-likeness (QED) is 0.769. The highest BCUT2D eigenvalue weighted by atomic mass is 32.2. The molecule has 0 aromatic heterocycles. The normalized spacial score (nSPS) is 25.2. The first kappa shape index (κ1) is 13.9. The summed E-state index contributed by atoms with van der Waals surface area (Å²) >= 11 is 0. The summed E-state index contributed by atoms with van der Waals surface area (Å²) in [5.74, 6) is 0.611. The third-order valence-electron chi connectivity index (χ3n) is 3.39. The van der Waals surface area contributed by atoms with E-state index in [4.69, 9.17) is 5.73 Å². The van der Waals surface area contributed by atoms with Crippen LogP contribution in [-0.4, -0.2) is 51.0 Å². The third kappa shape index (κ3) is 4.03. The van der Waals surface area contributed by atoms with Crippen LogP contribution in [0, 0.1) is 5.41 Å². The Bertz CT molecular complexity index is 302. The van der Waals surface area contributed by atoms with E-state index in [1.54, 1.807) is 0 Å². The summed E-state index contributed by atoms with van der Waals surface area (Å²) in [5, 5.41) is 0. The zero-order valence-electron chi connectivity index (χ0n) is 10.4. The van der Waals surface area contributed by atoms with Gasteiger partial charge in [0.25, 0.3) is 0 Å². The Morgan fingerprint density at radius 2 is 1.88 bits per heavy atom. The first-order valence-corrected chi connectivity index (χ1v) is 7.86. The summed E-state index contributed by atoms with van der Waals surface area (Å²) in [6, 6.07) is 0. The Hall–Kier alpha value is -0.130. The fraction of sp³-hybridized carbons (Fsp3) is 1.00. The number of nitrogens with zero attached hydrogens (tertiary/aromatic N) is 1. The van der Waals surface area contributed by atoms with Crippen molar-refractivity contribution in [3.63, 3.8) is 0 Å². The van der Waals surface area contributed by atoms with Gasteiger partial charge in [-0.3, -0.25) is 0 Å². The van der Waals surface area contributed by atoms with Gasteiger partial charge < -0.3 is 10.6 Å². The summed E-state index contributed by atoms with van der Waals surface area (Å²) in [5.41, 5.74) is 5.95. The molecule has 0 aromatic carbocycles. The van der Waals surface area contributed by atoms with E-state index in [9.17, 15) is 8.42 Å². The third-order valence-corrected chi connectivity index (χ3v) is 5.00. The van der Waals surface area contributed by atoms with E-state index in [1.807, 2.05) is 0 Å². The molecular weight excluding hydrogens is 224 g/mol. The van der Waals surface area contributed by atoms with E-state index in [0.717, 1.165) is 19.4 Å². The largest absolute Gasteiger partial charge is 0.330 e. The molecule has 0 spiro atoms. The minimum absolute atomic E-state index is 0.135. The van der Waals surface area contributed by atoms with Crippen molar-refractivity contribution in [2.75, 3.05) is 37.7 Å². The second kappa shape index (κ2) is 5.47. The molecular formula is C11H24N2O2S. The van der Waals surface area contributed by atoms with Crippen LogP contribution in [0.25, 0.3) is 0 Å². The number of rotatable bonds is 5. The Kier molecular flexibility index (Phi) is 4.76. The van der Waals surface area contributed by atoms with E-state index in [0.29, 0.717) is 31.1 Å². The zero-order chi connectivity index (χ0) is 12.2. The molecule has 4 nitrogen and oxygen atoms in total. The number of hydrogen-bond acceptors (Lipinski definition) is 4. The zero-order valence-corrected chi connectivity index (χ0v) is 11.2. The fourth-order valence-electron chi connectivity index (χ4n) is 2.30. The first-order valence-electron chi connectivity index (χ1n) is 6.04. The summed E-state index contributed by atoms with van der Waals surface area (Å²) in [4.78, 5) is 2.24. The molecule has 1 aliphatic rings. The molecule has 1 rings (SSSR count). The molecule has 0 saturated carbocycles. The maximum absolute atomic E-state index is 11.3. The molecule has 1 saturated heterocycles. The second-order valence-electron chi connectivity index (χ2n) is 5.19. The lowest BCUT2D eigenvalue weighted by Gasteiger charge is -2.36. The average molecular weight is 248 g/mol.